The van der Waals surface area contributed by atoms with Crippen molar-refractivity contribution < 1.29 is 9.18 Å². The van der Waals surface area contributed by atoms with Crippen LogP contribution in [-0.2, 0) is 6.54 Å². The van der Waals surface area contributed by atoms with Gasteiger partial charge in [-0.15, -0.1) is 10.2 Å². The van der Waals surface area contributed by atoms with Crippen molar-refractivity contribution in [2.75, 3.05) is 0 Å². The lowest BCUT2D eigenvalue weighted by Gasteiger charge is -2.02. The highest BCUT2D eigenvalue weighted by molar-refractivity contribution is 7.15. The van der Waals surface area contributed by atoms with E-state index >= 15 is 0 Å². The normalized spacial score (nSPS) is 11.4. The van der Waals surface area contributed by atoms with Gasteiger partial charge in [-0.3, -0.25) is 4.79 Å². The fourth-order valence-electron chi connectivity index (χ4n) is 2.07. The van der Waals surface area contributed by atoms with E-state index in [0.717, 1.165) is 16.9 Å². The van der Waals surface area contributed by atoms with Crippen molar-refractivity contribution in [1.82, 2.24) is 15.5 Å². The summed E-state index contributed by atoms with van der Waals surface area (Å²) in [4.78, 5) is 12.1. The lowest BCUT2D eigenvalue weighted by molar-refractivity contribution is 0.0950. The van der Waals surface area contributed by atoms with Gasteiger partial charge in [0, 0.05) is 6.54 Å². The molecule has 1 aromatic heterocycles. The summed E-state index contributed by atoms with van der Waals surface area (Å²) in [6.45, 7) is 0.404. The van der Waals surface area contributed by atoms with Gasteiger partial charge in [-0.1, -0.05) is 65.4 Å². The van der Waals surface area contributed by atoms with E-state index in [-0.39, 0.29) is 16.7 Å². The molecular weight excluding hydrogens is 361 g/mol. The number of aromatic nitrogens is 2. The van der Waals surface area contributed by atoms with E-state index in [9.17, 15) is 9.18 Å². The van der Waals surface area contributed by atoms with Crippen LogP contribution < -0.4 is 5.32 Å². The molecule has 0 atom stereocenters. The van der Waals surface area contributed by atoms with Crippen LogP contribution in [0.25, 0.3) is 11.1 Å². The summed E-state index contributed by atoms with van der Waals surface area (Å²) in [5, 5.41) is 11.5. The zero-order valence-electron chi connectivity index (χ0n) is 12.9. The van der Waals surface area contributed by atoms with E-state index in [0.29, 0.717) is 22.1 Å². The molecular formula is C18H13ClFN3OS. The van der Waals surface area contributed by atoms with Gasteiger partial charge in [-0.2, -0.15) is 0 Å². The van der Waals surface area contributed by atoms with Gasteiger partial charge in [0.15, 0.2) is 5.01 Å². The van der Waals surface area contributed by atoms with Crippen molar-refractivity contribution in [2.24, 2.45) is 0 Å². The van der Waals surface area contributed by atoms with Crippen LogP contribution in [-0.4, -0.2) is 16.1 Å². The Labute approximate surface area is 153 Å². The van der Waals surface area contributed by atoms with Crippen molar-refractivity contribution in [2.45, 2.75) is 6.54 Å². The summed E-state index contributed by atoms with van der Waals surface area (Å²) in [6, 6.07) is 15.6. The van der Waals surface area contributed by atoms with Crippen LogP contribution in [0.5, 0.6) is 0 Å². The first-order valence-electron chi connectivity index (χ1n) is 7.40. The number of hydrogen-bond acceptors (Lipinski definition) is 4. The average molecular weight is 374 g/mol. The summed E-state index contributed by atoms with van der Waals surface area (Å²) in [7, 11) is 0. The fourth-order valence-corrected chi connectivity index (χ4v) is 3.02. The maximum Gasteiger partial charge on any atom is 0.282 e. The van der Waals surface area contributed by atoms with Gasteiger partial charge < -0.3 is 5.32 Å². The van der Waals surface area contributed by atoms with Crippen LogP contribution in [0.3, 0.4) is 0 Å². The number of hydrogen-bond donors (Lipinski definition) is 1. The summed E-state index contributed by atoms with van der Waals surface area (Å²) < 4.78 is 13.2. The first-order valence-corrected chi connectivity index (χ1v) is 8.60. The second-order valence-corrected chi connectivity index (χ2v) is 6.51. The highest BCUT2D eigenvalue weighted by Gasteiger charge is 2.14. The Hall–Kier alpha value is -2.57. The van der Waals surface area contributed by atoms with Gasteiger partial charge in [0.1, 0.15) is 5.82 Å². The number of rotatable bonds is 5. The number of nitrogens with zero attached hydrogens (tertiary/aromatic N) is 2. The smallest absolute Gasteiger partial charge is 0.282 e. The van der Waals surface area contributed by atoms with E-state index in [2.05, 4.69) is 15.5 Å². The number of carbonyl (C=O) groups is 1. The predicted molar refractivity (Wildman–Crippen MR) is 97.6 cm³/mol. The maximum atomic E-state index is 13.2. The Morgan fingerprint density at radius 3 is 2.64 bits per heavy atom. The number of amides is 1. The maximum absolute atomic E-state index is 13.2. The minimum atomic E-state index is -0.351. The highest BCUT2D eigenvalue weighted by atomic mass is 35.5. The predicted octanol–water partition coefficient (Wildman–Crippen LogP) is 4.34. The van der Waals surface area contributed by atoms with Crippen molar-refractivity contribution >= 4 is 40.0 Å². The summed E-state index contributed by atoms with van der Waals surface area (Å²) in [5.41, 5.74) is 1.60. The van der Waals surface area contributed by atoms with Crippen LogP contribution in [0.4, 0.5) is 4.39 Å². The molecule has 3 rings (SSSR count). The first kappa shape index (κ1) is 17.3. The lowest BCUT2D eigenvalue weighted by Crippen LogP contribution is -2.22. The molecule has 1 heterocycles. The average Bonchev–Trinajstić information content (AvgIpc) is 3.11. The third kappa shape index (κ3) is 4.71. The van der Waals surface area contributed by atoms with Gasteiger partial charge in [0.05, 0.1) is 5.03 Å². The van der Waals surface area contributed by atoms with Crippen LogP contribution in [0.1, 0.15) is 25.9 Å². The highest BCUT2D eigenvalue weighted by Crippen LogP contribution is 2.25. The fraction of sp³-hybridized carbons (Fsp3) is 0.0556. The largest absolute Gasteiger partial charge is 0.346 e. The van der Waals surface area contributed by atoms with E-state index in [1.54, 1.807) is 18.2 Å². The summed E-state index contributed by atoms with van der Waals surface area (Å²) in [5.74, 6) is -0.667. The van der Waals surface area contributed by atoms with Crippen LogP contribution in [0.2, 0.25) is 0 Å². The molecule has 7 heteroatoms. The second-order valence-electron chi connectivity index (χ2n) is 5.13. The van der Waals surface area contributed by atoms with E-state index in [1.165, 1.54) is 12.1 Å². The van der Waals surface area contributed by atoms with Crippen molar-refractivity contribution in [3.05, 3.63) is 81.6 Å². The van der Waals surface area contributed by atoms with E-state index in [1.807, 2.05) is 30.3 Å². The quantitative estimate of drug-likeness (QED) is 0.723. The summed E-state index contributed by atoms with van der Waals surface area (Å²) >= 11 is 7.28. The lowest BCUT2D eigenvalue weighted by atomic mass is 10.2. The van der Waals surface area contributed by atoms with Crippen LogP contribution >= 0.6 is 22.9 Å². The number of halogens is 2. The molecule has 1 amide bonds. The molecule has 0 bridgehead atoms. The third-order valence-electron chi connectivity index (χ3n) is 3.26. The molecule has 4 nitrogen and oxygen atoms in total. The van der Waals surface area contributed by atoms with Crippen molar-refractivity contribution in [1.29, 1.82) is 0 Å². The second kappa shape index (κ2) is 8.00. The number of nitrogens with one attached hydrogen (secondary N) is 1. The van der Waals surface area contributed by atoms with Gasteiger partial charge in [-0.05, 0) is 29.3 Å². The monoisotopic (exact) mass is 373 g/mol. The zero-order chi connectivity index (χ0) is 17.6. The SMILES string of the molecule is O=C(NCc1ccccc1)c1nnc(/C(Cl)=C/c2cccc(F)c2)s1. The van der Waals surface area contributed by atoms with E-state index < -0.39 is 0 Å². The molecule has 0 aliphatic heterocycles. The minimum Gasteiger partial charge on any atom is -0.346 e. The van der Waals surface area contributed by atoms with Gasteiger partial charge >= 0.3 is 0 Å². The topological polar surface area (TPSA) is 54.9 Å². The molecule has 0 saturated heterocycles. The Kier molecular flexibility index (Phi) is 5.53. The molecule has 126 valence electrons. The van der Waals surface area contributed by atoms with Crippen LogP contribution in [0.15, 0.2) is 54.6 Å². The Morgan fingerprint density at radius 1 is 1.12 bits per heavy atom. The minimum absolute atomic E-state index is 0.219. The Morgan fingerprint density at radius 2 is 1.88 bits per heavy atom. The molecule has 0 aliphatic rings. The standard InChI is InChI=1S/C18H13ClFN3OS/c19-15(10-13-7-4-8-14(20)9-13)17-22-23-18(25-17)16(24)21-11-12-5-2-1-3-6-12/h1-10H,11H2,(H,21,24)/b15-10-. The molecule has 25 heavy (non-hydrogen) atoms. The van der Waals surface area contributed by atoms with Gasteiger partial charge in [0.2, 0.25) is 5.01 Å². The zero-order valence-corrected chi connectivity index (χ0v) is 14.5. The Balaban J connectivity index is 1.68. The van der Waals surface area contributed by atoms with E-state index in [4.69, 9.17) is 11.6 Å². The molecule has 0 saturated carbocycles. The van der Waals surface area contributed by atoms with Crippen LogP contribution in [0, 0.1) is 5.82 Å². The Bertz CT molecular complexity index is 911. The molecule has 1 N–H and O–H groups in total. The number of benzene rings is 2. The molecule has 2 aromatic carbocycles. The molecule has 3 aromatic rings. The van der Waals surface area contributed by atoms with Gasteiger partial charge in [-0.25, -0.2) is 4.39 Å². The number of carbonyl (C=O) groups excluding carboxylic acids is 1. The summed E-state index contributed by atoms with van der Waals surface area (Å²) in [6.07, 6.45) is 1.58. The van der Waals surface area contributed by atoms with Crippen molar-refractivity contribution in [3.8, 4) is 0 Å². The molecule has 0 fully saturated rings. The first-order chi connectivity index (χ1) is 12.1. The van der Waals surface area contributed by atoms with Gasteiger partial charge in [0.25, 0.3) is 5.91 Å². The third-order valence-corrected chi connectivity index (χ3v) is 4.62. The molecule has 0 aliphatic carbocycles. The van der Waals surface area contributed by atoms with Crippen molar-refractivity contribution in [3.63, 3.8) is 0 Å². The molecule has 0 radical (unpaired) electrons. The molecule has 0 unspecified atom stereocenters. The molecule has 0 spiro atoms.